The topological polar surface area (TPSA) is 36.9 Å². The second kappa shape index (κ2) is 11.3. The molecule has 1 aromatic carbocycles. The minimum atomic E-state index is 0.298. The molecule has 4 heteroatoms. The highest BCUT2D eigenvalue weighted by molar-refractivity contribution is 5.52. The molecule has 0 spiro atoms. The van der Waals surface area contributed by atoms with E-state index in [1.54, 1.807) is 0 Å². The Morgan fingerprint density at radius 2 is 1.38 bits per heavy atom. The SMILES string of the molecule is CCCCOOc1ccc(C(C)C)c(C(C)C)c1OOCCCC. The predicted octanol–water partition coefficient (Wildman–Crippen LogP) is 6.15. The molecule has 24 heavy (non-hydrogen) atoms. The van der Waals surface area contributed by atoms with E-state index < -0.39 is 0 Å². The van der Waals surface area contributed by atoms with Crippen LogP contribution in [0.3, 0.4) is 0 Å². The van der Waals surface area contributed by atoms with E-state index in [9.17, 15) is 0 Å². The summed E-state index contributed by atoms with van der Waals surface area (Å²) < 4.78 is 0. The van der Waals surface area contributed by atoms with E-state index in [2.05, 4.69) is 47.6 Å². The quantitative estimate of drug-likeness (QED) is 0.260. The Labute approximate surface area is 147 Å². The molecule has 1 aromatic rings. The third kappa shape index (κ3) is 6.33. The van der Waals surface area contributed by atoms with Crippen LogP contribution < -0.4 is 9.78 Å². The summed E-state index contributed by atoms with van der Waals surface area (Å²) in [4.78, 5) is 21.9. The van der Waals surface area contributed by atoms with Gasteiger partial charge >= 0.3 is 0 Å². The standard InChI is InChI=1S/C20H34O4/c1-7-9-13-21-23-18-12-11-17(15(3)4)19(16(5)6)20(18)24-22-14-10-8-2/h11-12,15-16H,7-10,13-14H2,1-6H3. The lowest BCUT2D eigenvalue weighted by Gasteiger charge is -2.21. The fraction of sp³-hybridized carbons (Fsp3) is 0.700. The third-order valence-corrected chi connectivity index (χ3v) is 3.85. The zero-order valence-corrected chi connectivity index (χ0v) is 16.2. The highest BCUT2D eigenvalue weighted by Crippen LogP contribution is 2.41. The van der Waals surface area contributed by atoms with Gasteiger partial charge in [0, 0.05) is 5.56 Å². The highest BCUT2D eigenvalue weighted by atomic mass is 17.2. The molecule has 0 atom stereocenters. The van der Waals surface area contributed by atoms with Crippen molar-refractivity contribution in [3.05, 3.63) is 23.3 Å². The van der Waals surface area contributed by atoms with E-state index in [4.69, 9.17) is 19.6 Å². The lowest BCUT2D eigenvalue weighted by atomic mass is 9.89. The molecule has 0 N–H and O–H groups in total. The summed E-state index contributed by atoms with van der Waals surface area (Å²) in [6.07, 6.45) is 4.06. The molecule has 4 nitrogen and oxygen atoms in total. The Morgan fingerprint density at radius 3 is 1.88 bits per heavy atom. The van der Waals surface area contributed by atoms with Crippen molar-refractivity contribution in [2.24, 2.45) is 0 Å². The molecular weight excluding hydrogens is 304 g/mol. The molecule has 0 aromatic heterocycles. The van der Waals surface area contributed by atoms with Gasteiger partial charge < -0.3 is 9.78 Å². The second-order valence-electron chi connectivity index (χ2n) is 6.72. The maximum atomic E-state index is 5.67. The van der Waals surface area contributed by atoms with Gasteiger partial charge in [-0.25, -0.2) is 0 Å². The Hall–Kier alpha value is -1.26. The van der Waals surface area contributed by atoms with E-state index >= 15 is 0 Å². The number of hydrogen-bond acceptors (Lipinski definition) is 4. The molecular formula is C20H34O4. The minimum Gasteiger partial charge on any atom is -0.333 e. The third-order valence-electron chi connectivity index (χ3n) is 3.85. The maximum absolute atomic E-state index is 5.67. The van der Waals surface area contributed by atoms with Gasteiger partial charge in [0.15, 0.2) is 0 Å². The lowest BCUT2D eigenvalue weighted by Crippen LogP contribution is -2.09. The lowest BCUT2D eigenvalue weighted by molar-refractivity contribution is -0.229. The molecule has 0 aliphatic rings. The average molecular weight is 338 g/mol. The van der Waals surface area contributed by atoms with E-state index in [-0.39, 0.29) is 0 Å². The van der Waals surface area contributed by atoms with Crippen molar-refractivity contribution in [1.82, 2.24) is 0 Å². The zero-order chi connectivity index (χ0) is 17.9. The summed E-state index contributed by atoms with van der Waals surface area (Å²) in [5, 5.41) is 0. The van der Waals surface area contributed by atoms with Gasteiger partial charge in [-0.15, -0.1) is 0 Å². The van der Waals surface area contributed by atoms with Crippen LogP contribution in [-0.4, -0.2) is 13.2 Å². The molecule has 0 fully saturated rings. The van der Waals surface area contributed by atoms with Crippen LogP contribution >= 0.6 is 0 Å². The first-order valence-electron chi connectivity index (χ1n) is 9.28. The van der Waals surface area contributed by atoms with Gasteiger partial charge in [0.2, 0.25) is 11.5 Å². The molecule has 0 amide bonds. The molecule has 0 saturated heterocycles. The zero-order valence-electron chi connectivity index (χ0n) is 16.2. The molecule has 0 radical (unpaired) electrons. The van der Waals surface area contributed by atoms with Crippen molar-refractivity contribution in [3.63, 3.8) is 0 Å². The number of benzene rings is 1. The summed E-state index contributed by atoms with van der Waals surface area (Å²) in [7, 11) is 0. The first kappa shape index (κ1) is 20.8. The summed E-state index contributed by atoms with van der Waals surface area (Å²) in [6, 6.07) is 4.00. The summed E-state index contributed by atoms with van der Waals surface area (Å²) >= 11 is 0. The number of unbranched alkanes of at least 4 members (excludes halogenated alkanes) is 2. The van der Waals surface area contributed by atoms with E-state index in [1.807, 2.05) is 6.07 Å². The van der Waals surface area contributed by atoms with Crippen LogP contribution in [0.1, 0.15) is 90.2 Å². The van der Waals surface area contributed by atoms with Crippen molar-refractivity contribution in [2.75, 3.05) is 13.2 Å². The Morgan fingerprint density at radius 1 is 0.792 bits per heavy atom. The average Bonchev–Trinajstić information content (AvgIpc) is 2.55. The van der Waals surface area contributed by atoms with Gasteiger partial charge in [-0.05, 0) is 36.3 Å². The summed E-state index contributed by atoms with van der Waals surface area (Å²) in [5.41, 5.74) is 2.37. The van der Waals surface area contributed by atoms with Crippen molar-refractivity contribution in [2.45, 2.75) is 79.1 Å². The Kier molecular flexibility index (Phi) is 9.80. The molecule has 0 aliphatic carbocycles. The van der Waals surface area contributed by atoms with Crippen molar-refractivity contribution >= 4 is 0 Å². The summed E-state index contributed by atoms with van der Waals surface area (Å²) in [5.74, 6) is 1.92. The van der Waals surface area contributed by atoms with Gasteiger partial charge in [0.05, 0.1) is 13.2 Å². The summed E-state index contributed by atoms with van der Waals surface area (Å²) in [6.45, 7) is 14.0. The van der Waals surface area contributed by atoms with Crippen LogP contribution in [0.2, 0.25) is 0 Å². The van der Waals surface area contributed by atoms with Crippen LogP contribution in [0.4, 0.5) is 0 Å². The van der Waals surface area contributed by atoms with Crippen LogP contribution in [0.25, 0.3) is 0 Å². The second-order valence-corrected chi connectivity index (χ2v) is 6.72. The first-order valence-corrected chi connectivity index (χ1v) is 9.28. The number of rotatable bonds is 12. The molecule has 0 heterocycles. The fourth-order valence-electron chi connectivity index (χ4n) is 2.46. The Balaban J connectivity index is 3.04. The fourth-order valence-corrected chi connectivity index (χ4v) is 2.46. The van der Waals surface area contributed by atoms with Gasteiger partial charge in [0.1, 0.15) is 0 Å². The Bertz CT molecular complexity index is 469. The van der Waals surface area contributed by atoms with E-state index in [1.165, 1.54) is 5.56 Å². The van der Waals surface area contributed by atoms with Gasteiger partial charge in [-0.2, -0.15) is 9.78 Å². The van der Waals surface area contributed by atoms with Gasteiger partial charge in [-0.1, -0.05) is 60.5 Å². The maximum Gasteiger partial charge on any atom is 0.215 e. The van der Waals surface area contributed by atoms with Crippen LogP contribution in [-0.2, 0) is 9.78 Å². The molecule has 0 aliphatic heterocycles. The van der Waals surface area contributed by atoms with Crippen LogP contribution in [0, 0.1) is 0 Å². The van der Waals surface area contributed by atoms with Crippen LogP contribution in [0.15, 0.2) is 12.1 Å². The van der Waals surface area contributed by atoms with Gasteiger partial charge in [-0.3, -0.25) is 0 Å². The van der Waals surface area contributed by atoms with Gasteiger partial charge in [0.25, 0.3) is 0 Å². The molecule has 0 bridgehead atoms. The normalized spacial score (nSPS) is 11.3. The molecule has 138 valence electrons. The van der Waals surface area contributed by atoms with E-state index in [0.717, 1.165) is 31.2 Å². The van der Waals surface area contributed by atoms with Crippen molar-refractivity contribution < 1.29 is 19.6 Å². The van der Waals surface area contributed by atoms with Crippen molar-refractivity contribution in [1.29, 1.82) is 0 Å². The minimum absolute atomic E-state index is 0.298. The van der Waals surface area contributed by atoms with E-state index in [0.29, 0.717) is 36.5 Å². The largest absolute Gasteiger partial charge is 0.333 e. The predicted molar refractivity (Wildman–Crippen MR) is 97.6 cm³/mol. The number of hydrogen-bond donors (Lipinski definition) is 0. The highest BCUT2D eigenvalue weighted by Gasteiger charge is 2.22. The molecule has 0 unspecified atom stereocenters. The molecule has 1 rings (SSSR count). The van der Waals surface area contributed by atoms with Crippen molar-refractivity contribution in [3.8, 4) is 11.5 Å². The smallest absolute Gasteiger partial charge is 0.215 e. The molecule has 0 saturated carbocycles. The van der Waals surface area contributed by atoms with Crippen LogP contribution in [0.5, 0.6) is 11.5 Å². The monoisotopic (exact) mass is 338 g/mol. The first-order chi connectivity index (χ1) is 11.5.